The Morgan fingerprint density at radius 3 is 2.62 bits per heavy atom. The fourth-order valence-corrected chi connectivity index (χ4v) is 4.22. The van der Waals surface area contributed by atoms with E-state index in [1.165, 1.54) is 0 Å². The van der Waals surface area contributed by atoms with Crippen molar-refractivity contribution >= 4 is 17.0 Å². The normalized spacial score (nSPS) is 16.1. The molecule has 9 nitrogen and oxygen atoms in total. The van der Waals surface area contributed by atoms with E-state index in [0.29, 0.717) is 23.8 Å². The van der Waals surface area contributed by atoms with Crippen LogP contribution in [0.4, 0.5) is 4.79 Å². The third-order valence-corrected chi connectivity index (χ3v) is 5.81. The minimum atomic E-state index is -0.552. The van der Waals surface area contributed by atoms with Crippen molar-refractivity contribution in [1.29, 1.82) is 5.26 Å². The second-order valence-corrected chi connectivity index (χ2v) is 9.40. The molecule has 5 rings (SSSR count). The van der Waals surface area contributed by atoms with Gasteiger partial charge in [0.05, 0.1) is 28.9 Å². The maximum Gasteiger partial charge on any atom is 0.410 e. The van der Waals surface area contributed by atoms with Gasteiger partial charge in [0.2, 0.25) is 0 Å². The largest absolute Gasteiger partial charge is 0.444 e. The summed E-state index contributed by atoms with van der Waals surface area (Å²) in [5, 5.41) is 25.0. The first-order chi connectivity index (χ1) is 16.3. The number of nitrogens with one attached hydrogen (secondary N) is 2. The monoisotopic (exact) mass is 455 g/mol. The fourth-order valence-electron chi connectivity index (χ4n) is 4.22. The Morgan fingerprint density at radius 2 is 1.88 bits per heavy atom. The maximum atomic E-state index is 12.7. The molecule has 172 valence electrons. The third kappa shape index (κ3) is 4.10. The lowest BCUT2D eigenvalue weighted by Gasteiger charge is -2.27. The quantitative estimate of drug-likeness (QED) is 0.450. The van der Waals surface area contributed by atoms with Crippen LogP contribution in [0.5, 0.6) is 0 Å². The highest BCUT2D eigenvalue weighted by molar-refractivity contribution is 5.95. The smallest absolute Gasteiger partial charge is 0.410 e. The molecule has 1 fully saturated rings. The van der Waals surface area contributed by atoms with Crippen LogP contribution in [-0.2, 0) is 4.74 Å². The van der Waals surface area contributed by atoms with Crippen LogP contribution in [0.1, 0.15) is 51.0 Å². The standard InChI is InChI=1S/C25H25N7O2/c1-25(2,3)34-24(33)32-12-4-5-20(32)23-27-22(30-31-23)17-10-11-19-18(13-17)21(29-28-19)16-8-6-15(14-26)7-9-16/h6-11,13,20H,4-5,12H2,1-3H3,(H,28,29)(H,27,30,31). The molecule has 0 aliphatic carbocycles. The molecule has 1 saturated heterocycles. The van der Waals surface area contributed by atoms with Gasteiger partial charge in [0, 0.05) is 23.1 Å². The molecule has 34 heavy (non-hydrogen) atoms. The summed E-state index contributed by atoms with van der Waals surface area (Å²) in [6.45, 7) is 6.21. The first-order valence-corrected chi connectivity index (χ1v) is 11.2. The van der Waals surface area contributed by atoms with Crippen molar-refractivity contribution in [3.8, 4) is 28.7 Å². The van der Waals surface area contributed by atoms with E-state index < -0.39 is 5.60 Å². The van der Waals surface area contributed by atoms with Gasteiger partial charge in [-0.1, -0.05) is 12.1 Å². The van der Waals surface area contributed by atoms with Crippen LogP contribution in [0.15, 0.2) is 42.5 Å². The van der Waals surface area contributed by atoms with E-state index in [2.05, 4.69) is 26.5 Å². The Balaban J connectivity index is 1.43. The zero-order valence-electron chi connectivity index (χ0n) is 19.3. The number of rotatable bonds is 3. The topological polar surface area (TPSA) is 124 Å². The van der Waals surface area contributed by atoms with Gasteiger partial charge in [0.1, 0.15) is 11.4 Å². The zero-order valence-corrected chi connectivity index (χ0v) is 19.3. The van der Waals surface area contributed by atoms with Crippen LogP contribution < -0.4 is 0 Å². The van der Waals surface area contributed by atoms with E-state index >= 15 is 0 Å². The van der Waals surface area contributed by atoms with Crippen molar-refractivity contribution in [1.82, 2.24) is 30.3 Å². The number of nitrogens with zero attached hydrogens (tertiary/aromatic N) is 5. The second-order valence-electron chi connectivity index (χ2n) is 9.40. The SMILES string of the molecule is CC(C)(C)OC(=O)N1CCCC1c1nc(-c2ccc3[nH]nc(-c4ccc(C#N)cc4)c3c2)n[nH]1. The molecular formula is C25H25N7O2. The van der Waals surface area contributed by atoms with E-state index in [1.54, 1.807) is 17.0 Å². The number of aromatic amines is 2. The number of nitriles is 1. The van der Waals surface area contributed by atoms with Crippen LogP contribution in [0.3, 0.4) is 0 Å². The lowest BCUT2D eigenvalue weighted by molar-refractivity contribution is 0.0218. The van der Waals surface area contributed by atoms with Gasteiger partial charge in [-0.2, -0.15) is 15.5 Å². The van der Waals surface area contributed by atoms with Gasteiger partial charge in [0.25, 0.3) is 0 Å². The molecule has 1 aliphatic heterocycles. The van der Waals surface area contributed by atoms with Gasteiger partial charge in [-0.25, -0.2) is 9.78 Å². The van der Waals surface area contributed by atoms with Crippen LogP contribution in [0, 0.1) is 11.3 Å². The van der Waals surface area contributed by atoms with Gasteiger partial charge < -0.3 is 4.74 Å². The third-order valence-electron chi connectivity index (χ3n) is 5.81. The summed E-state index contributed by atoms with van der Waals surface area (Å²) in [5.41, 5.74) is 3.49. The van der Waals surface area contributed by atoms with Crippen LogP contribution >= 0.6 is 0 Å². The number of H-pyrrole nitrogens is 2. The fraction of sp³-hybridized carbons (Fsp3) is 0.320. The van der Waals surface area contributed by atoms with Gasteiger partial charge >= 0.3 is 6.09 Å². The van der Waals surface area contributed by atoms with E-state index in [1.807, 2.05) is 51.1 Å². The minimum Gasteiger partial charge on any atom is -0.444 e. The Labute approximate surface area is 196 Å². The predicted octanol–water partition coefficient (Wildman–Crippen LogP) is 4.96. The van der Waals surface area contributed by atoms with E-state index in [9.17, 15) is 4.79 Å². The van der Waals surface area contributed by atoms with Crippen molar-refractivity contribution < 1.29 is 9.53 Å². The van der Waals surface area contributed by atoms with E-state index in [0.717, 1.165) is 40.6 Å². The number of hydrogen-bond donors (Lipinski definition) is 2. The minimum absolute atomic E-state index is 0.192. The molecule has 1 unspecified atom stereocenters. The predicted molar refractivity (Wildman–Crippen MR) is 127 cm³/mol. The molecule has 0 bridgehead atoms. The van der Waals surface area contributed by atoms with E-state index in [4.69, 9.17) is 15.0 Å². The summed E-state index contributed by atoms with van der Waals surface area (Å²) in [7, 11) is 0. The molecule has 4 aromatic rings. The van der Waals surface area contributed by atoms with Crippen molar-refractivity contribution in [2.45, 2.75) is 45.3 Å². The number of carbonyl (C=O) groups is 1. The Kier molecular flexibility index (Phi) is 5.28. The molecule has 0 radical (unpaired) electrons. The highest BCUT2D eigenvalue weighted by Gasteiger charge is 2.35. The van der Waals surface area contributed by atoms with Crippen molar-refractivity contribution in [3.63, 3.8) is 0 Å². The highest BCUT2D eigenvalue weighted by Crippen LogP contribution is 2.33. The average Bonchev–Trinajstić information content (AvgIpc) is 3.56. The Hall–Kier alpha value is -4.19. The summed E-state index contributed by atoms with van der Waals surface area (Å²) in [5.74, 6) is 1.21. The number of benzene rings is 2. The number of aromatic nitrogens is 5. The van der Waals surface area contributed by atoms with Gasteiger partial charge in [-0.05, 0) is 63.9 Å². The van der Waals surface area contributed by atoms with Crippen molar-refractivity contribution in [2.24, 2.45) is 0 Å². The summed E-state index contributed by atoms with van der Waals surface area (Å²) in [4.78, 5) is 19.1. The zero-order chi connectivity index (χ0) is 23.9. The number of likely N-dealkylation sites (tertiary alicyclic amines) is 1. The molecule has 1 atom stereocenters. The number of ether oxygens (including phenoxy) is 1. The lowest BCUT2D eigenvalue weighted by atomic mass is 10.0. The van der Waals surface area contributed by atoms with Crippen LogP contribution in [-0.4, -0.2) is 48.5 Å². The highest BCUT2D eigenvalue weighted by atomic mass is 16.6. The molecule has 1 aliphatic rings. The van der Waals surface area contributed by atoms with Crippen molar-refractivity contribution in [2.75, 3.05) is 6.54 Å². The van der Waals surface area contributed by atoms with Gasteiger partial charge in [-0.3, -0.25) is 15.1 Å². The Bertz CT molecular complexity index is 1390. The first kappa shape index (κ1) is 21.6. The van der Waals surface area contributed by atoms with Crippen LogP contribution in [0.2, 0.25) is 0 Å². The second kappa shape index (κ2) is 8.30. The van der Waals surface area contributed by atoms with Crippen LogP contribution in [0.25, 0.3) is 33.5 Å². The molecule has 2 aromatic carbocycles. The summed E-state index contributed by atoms with van der Waals surface area (Å²) < 4.78 is 5.57. The Morgan fingerprint density at radius 1 is 1.12 bits per heavy atom. The molecular weight excluding hydrogens is 430 g/mol. The molecule has 2 aromatic heterocycles. The molecule has 0 spiro atoms. The number of carbonyl (C=O) groups excluding carboxylic acids is 1. The molecule has 1 amide bonds. The number of hydrogen-bond acceptors (Lipinski definition) is 6. The summed E-state index contributed by atoms with van der Waals surface area (Å²) in [6, 6.07) is 15.2. The molecule has 9 heteroatoms. The summed E-state index contributed by atoms with van der Waals surface area (Å²) in [6.07, 6.45) is 1.35. The van der Waals surface area contributed by atoms with Gasteiger partial charge in [0.15, 0.2) is 5.82 Å². The molecule has 0 saturated carbocycles. The van der Waals surface area contributed by atoms with Gasteiger partial charge in [-0.15, -0.1) is 0 Å². The molecule has 2 N–H and O–H groups in total. The maximum absolute atomic E-state index is 12.7. The lowest BCUT2D eigenvalue weighted by Crippen LogP contribution is -2.36. The average molecular weight is 456 g/mol. The number of amides is 1. The summed E-state index contributed by atoms with van der Waals surface area (Å²) >= 11 is 0. The first-order valence-electron chi connectivity index (χ1n) is 11.2. The van der Waals surface area contributed by atoms with E-state index in [-0.39, 0.29) is 12.1 Å². The number of fused-ring (bicyclic) bond motifs is 1. The van der Waals surface area contributed by atoms with Crippen molar-refractivity contribution in [3.05, 3.63) is 53.9 Å². The molecule has 3 heterocycles.